The molecule has 164 valence electrons. The molecule has 0 radical (unpaired) electrons. The summed E-state index contributed by atoms with van der Waals surface area (Å²) in [6, 6.07) is 7.50. The number of hydrogen-bond acceptors (Lipinski definition) is 7. The van der Waals surface area contributed by atoms with Crippen LogP contribution in [0, 0.1) is 5.92 Å². The van der Waals surface area contributed by atoms with Gasteiger partial charge in [0.05, 0.1) is 13.7 Å². The molecule has 1 aliphatic rings. The zero-order chi connectivity index (χ0) is 22.1. The first kappa shape index (κ1) is 22.7. The van der Waals surface area contributed by atoms with Crippen LogP contribution in [0.1, 0.15) is 25.3 Å². The van der Waals surface area contributed by atoms with Crippen molar-refractivity contribution >= 4 is 27.9 Å². The normalized spacial score (nSPS) is 15.4. The van der Waals surface area contributed by atoms with Crippen molar-refractivity contribution < 1.29 is 19.0 Å². The van der Waals surface area contributed by atoms with E-state index in [4.69, 9.17) is 14.2 Å². The summed E-state index contributed by atoms with van der Waals surface area (Å²) in [5, 5.41) is 11.7. The summed E-state index contributed by atoms with van der Waals surface area (Å²) in [7, 11) is 1.60. The summed E-state index contributed by atoms with van der Waals surface area (Å²) in [5.41, 5.74) is 1.89. The van der Waals surface area contributed by atoms with Crippen LogP contribution >= 0.6 is 11.3 Å². The molecule has 7 nitrogen and oxygen atoms in total. The van der Waals surface area contributed by atoms with E-state index in [1.54, 1.807) is 25.3 Å². The standard InChI is InChI=1S/C23H27N3O4S/c1-4-8-19(17(5-2)18-9-6-7-10-20(18)28-3)21(27)24-22-25-26-23(31-22)30-15-16-11-13-29-14-12-16/h4-10,16H,2,11-15H2,1,3H3,(H,24,25,27)/b8-4-,19-17-. The number of benzene rings is 1. The van der Waals surface area contributed by atoms with Crippen LogP contribution in [-0.4, -0.2) is 43.0 Å². The van der Waals surface area contributed by atoms with Crippen molar-refractivity contribution in [1.82, 2.24) is 10.2 Å². The van der Waals surface area contributed by atoms with E-state index in [9.17, 15) is 4.79 Å². The monoisotopic (exact) mass is 441 g/mol. The summed E-state index contributed by atoms with van der Waals surface area (Å²) in [6.07, 6.45) is 7.15. The summed E-state index contributed by atoms with van der Waals surface area (Å²) in [4.78, 5) is 13.1. The Kier molecular flexibility index (Phi) is 8.37. The molecule has 1 saturated heterocycles. The van der Waals surface area contributed by atoms with Crippen molar-refractivity contribution in [3.05, 3.63) is 60.2 Å². The molecule has 1 fully saturated rings. The Hall–Kier alpha value is -2.97. The number of para-hydroxylation sites is 1. The van der Waals surface area contributed by atoms with Gasteiger partial charge in [0.1, 0.15) is 5.75 Å². The largest absolute Gasteiger partial charge is 0.496 e. The number of allylic oxidation sites excluding steroid dienone is 3. The molecule has 1 aromatic heterocycles. The zero-order valence-electron chi connectivity index (χ0n) is 17.8. The van der Waals surface area contributed by atoms with Crippen molar-refractivity contribution in [2.24, 2.45) is 5.92 Å². The quantitative estimate of drug-likeness (QED) is 0.456. The molecule has 0 atom stereocenters. The van der Waals surface area contributed by atoms with E-state index in [0.29, 0.717) is 39.7 Å². The van der Waals surface area contributed by atoms with Gasteiger partial charge in [0.25, 0.3) is 11.1 Å². The van der Waals surface area contributed by atoms with Gasteiger partial charge in [0, 0.05) is 24.4 Å². The van der Waals surface area contributed by atoms with Gasteiger partial charge in [-0.3, -0.25) is 10.1 Å². The molecule has 1 N–H and O–H groups in total. The van der Waals surface area contributed by atoms with Crippen molar-refractivity contribution in [2.45, 2.75) is 19.8 Å². The second-order valence-electron chi connectivity index (χ2n) is 6.93. The van der Waals surface area contributed by atoms with Crippen LogP contribution in [0.2, 0.25) is 0 Å². The fraction of sp³-hybridized carbons (Fsp3) is 0.348. The fourth-order valence-electron chi connectivity index (χ4n) is 3.27. The molecule has 0 unspecified atom stereocenters. The number of carbonyl (C=O) groups excluding carboxylic acids is 1. The lowest BCUT2D eigenvalue weighted by Gasteiger charge is -2.21. The third-order valence-electron chi connectivity index (χ3n) is 4.88. The van der Waals surface area contributed by atoms with Crippen LogP contribution in [0.5, 0.6) is 10.9 Å². The molecule has 0 saturated carbocycles. The second-order valence-corrected chi connectivity index (χ2v) is 7.87. The number of anilines is 1. The van der Waals surface area contributed by atoms with Gasteiger partial charge in [0.15, 0.2) is 0 Å². The average molecular weight is 442 g/mol. The maximum atomic E-state index is 13.1. The van der Waals surface area contributed by atoms with Crippen LogP contribution in [0.3, 0.4) is 0 Å². The van der Waals surface area contributed by atoms with Gasteiger partial charge in [-0.2, -0.15) is 0 Å². The summed E-state index contributed by atoms with van der Waals surface area (Å²) >= 11 is 1.20. The number of methoxy groups -OCH3 is 1. The van der Waals surface area contributed by atoms with Crippen LogP contribution in [-0.2, 0) is 9.53 Å². The zero-order valence-corrected chi connectivity index (χ0v) is 18.6. The van der Waals surface area contributed by atoms with Gasteiger partial charge in [-0.25, -0.2) is 0 Å². The average Bonchev–Trinajstić information content (AvgIpc) is 3.25. The number of rotatable bonds is 9. The fourth-order valence-corrected chi connectivity index (χ4v) is 3.87. The van der Waals surface area contributed by atoms with E-state index in [1.807, 2.05) is 31.2 Å². The molecule has 8 heteroatoms. The van der Waals surface area contributed by atoms with E-state index in [1.165, 1.54) is 11.3 Å². The minimum absolute atomic E-state index is 0.314. The lowest BCUT2D eigenvalue weighted by Crippen LogP contribution is -2.21. The van der Waals surface area contributed by atoms with Crippen LogP contribution in [0.15, 0.2) is 54.6 Å². The number of carbonyl (C=O) groups is 1. The van der Waals surface area contributed by atoms with Crippen LogP contribution in [0.25, 0.3) is 5.57 Å². The number of ether oxygens (including phenoxy) is 3. The number of nitrogens with one attached hydrogen (secondary N) is 1. The van der Waals surface area contributed by atoms with Gasteiger partial charge in [-0.05, 0) is 48.7 Å². The highest BCUT2D eigenvalue weighted by molar-refractivity contribution is 7.17. The molecule has 3 rings (SSSR count). The van der Waals surface area contributed by atoms with Crippen LogP contribution < -0.4 is 14.8 Å². The minimum atomic E-state index is -0.314. The Bertz CT molecular complexity index is 961. The maximum absolute atomic E-state index is 13.1. The number of nitrogens with zero attached hydrogens (tertiary/aromatic N) is 2. The second kappa shape index (κ2) is 11.4. The first-order chi connectivity index (χ1) is 15.2. The van der Waals surface area contributed by atoms with Gasteiger partial charge < -0.3 is 14.2 Å². The SMILES string of the molecule is C=C/C(=C(\C=C/C)C(=O)Nc1nnc(OCC2CCOCC2)s1)c1ccccc1OC. The molecule has 1 amide bonds. The maximum Gasteiger partial charge on any atom is 0.295 e. The van der Waals surface area contributed by atoms with E-state index < -0.39 is 0 Å². The predicted molar refractivity (Wildman–Crippen MR) is 123 cm³/mol. The molecule has 1 aromatic carbocycles. The molecular weight excluding hydrogens is 414 g/mol. The predicted octanol–water partition coefficient (Wildman–Crippen LogP) is 4.51. The Labute approximate surface area is 186 Å². The summed E-state index contributed by atoms with van der Waals surface area (Å²) < 4.78 is 16.6. The third-order valence-corrected chi connectivity index (χ3v) is 5.63. The molecule has 1 aliphatic heterocycles. The highest BCUT2D eigenvalue weighted by atomic mass is 32.1. The van der Waals surface area contributed by atoms with E-state index in [2.05, 4.69) is 22.1 Å². The highest BCUT2D eigenvalue weighted by Gasteiger charge is 2.19. The van der Waals surface area contributed by atoms with Gasteiger partial charge in [-0.1, -0.05) is 48.1 Å². The third kappa shape index (κ3) is 6.02. The van der Waals surface area contributed by atoms with Gasteiger partial charge in [0.2, 0.25) is 5.13 Å². The molecule has 31 heavy (non-hydrogen) atoms. The Morgan fingerprint density at radius 3 is 2.81 bits per heavy atom. The highest BCUT2D eigenvalue weighted by Crippen LogP contribution is 2.31. The first-order valence-electron chi connectivity index (χ1n) is 10.1. The van der Waals surface area contributed by atoms with Crippen molar-refractivity contribution in [2.75, 3.05) is 32.2 Å². The van der Waals surface area contributed by atoms with Crippen molar-refractivity contribution in [1.29, 1.82) is 0 Å². The minimum Gasteiger partial charge on any atom is -0.496 e. The molecule has 2 aromatic rings. The van der Waals surface area contributed by atoms with Crippen molar-refractivity contribution in [3.8, 4) is 10.9 Å². The smallest absolute Gasteiger partial charge is 0.295 e. The molecular formula is C23H27N3O4S. The molecule has 0 spiro atoms. The lowest BCUT2D eigenvalue weighted by molar-refractivity contribution is -0.112. The Morgan fingerprint density at radius 1 is 1.32 bits per heavy atom. The number of hydrogen-bond donors (Lipinski definition) is 1. The molecule has 0 bridgehead atoms. The van der Waals surface area contributed by atoms with E-state index in [0.717, 1.165) is 31.6 Å². The lowest BCUT2D eigenvalue weighted by atomic mass is 9.98. The summed E-state index contributed by atoms with van der Waals surface area (Å²) in [6.45, 7) is 7.86. The van der Waals surface area contributed by atoms with Gasteiger partial charge in [-0.15, -0.1) is 5.10 Å². The van der Waals surface area contributed by atoms with Crippen molar-refractivity contribution in [3.63, 3.8) is 0 Å². The Balaban J connectivity index is 1.75. The Morgan fingerprint density at radius 2 is 2.10 bits per heavy atom. The van der Waals surface area contributed by atoms with Gasteiger partial charge >= 0.3 is 0 Å². The topological polar surface area (TPSA) is 82.6 Å². The number of amides is 1. The van der Waals surface area contributed by atoms with Crippen LogP contribution in [0.4, 0.5) is 5.13 Å². The molecule has 2 heterocycles. The first-order valence-corrected chi connectivity index (χ1v) is 11.0. The number of aromatic nitrogens is 2. The van der Waals surface area contributed by atoms with E-state index >= 15 is 0 Å². The van der Waals surface area contributed by atoms with E-state index in [-0.39, 0.29) is 5.91 Å². The molecule has 0 aliphatic carbocycles. The summed E-state index contributed by atoms with van der Waals surface area (Å²) in [5.74, 6) is 0.800.